The highest BCUT2D eigenvalue weighted by Gasteiger charge is 2.21. The van der Waals surface area contributed by atoms with Crippen LogP contribution in [0, 0.1) is 17.0 Å². The van der Waals surface area contributed by atoms with E-state index in [1.165, 1.54) is 6.07 Å². The van der Waals surface area contributed by atoms with E-state index < -0.39 is 14.9 Å². The van der Waals surface area contributed by atoms with E-state index in [0.29, 0.717) is 15.8 Å². The number of hydrogen-bond acceptors (Lipinski definition) is 6. The molecule has 106 valence electrons. The maximum atomic E-state index is 12.2. The van der Waals surface area contributed by atoms with Gasteiger partial charge in [0.15, 0.2) is 0 Å². The fraction of sp³-hybridized carbons (Fsp3) is 0.100. The summed E-state index contributed by atoms with van der Waals surface area (Å²) < 4.78 is 27.0. The van der Waals surface area contributed by atoms with Gasteiger partial charge in [0, 0.05) is 4.47 Å². The minimum absolute atomic E-state index is 0.0425. The minimum Gasteiger partial charge on any atom is -0.257 e. The second-order valence-electron chi connectivity index (χ2n) is 3.80. The highest BCUT2D eigenvalue weighted by atomic mass is 79.9. The molecule has 0 unspecified atom stereocenters. The Bertz CT molecular complexity index is 773. The maximum Gasteiger partial charge on any atom is 0.345 e. The minimum atomic E-state index is -3.84. The number of thiazole rings is 1. The number of nitrogens with zero attached hydrogens (tertiary/aromatic N) is 2. The van der Waals surface area contributed by atoms with Crippen LogP contribution in [0.4, 0.5) is 10.1 Å². The van der Waals surface area contributed by atoms with Gasteiger partial charge in [0.1, 0.15) is 11.1 Å². The largest absolute Gasteiger partial charge is 0.345 e. The first kappa shape index (κ1) is 14.9. The van der Waals surface area contributed by atoms with Gasteiger partial charge in [-0.05, 0) is 51.9 Å². The molecule has 2 aromatic rings. The summed E-state index contributed by atoms with van der Waals surface area (Å²) in [6, 6.07) is 4.77. The van der Waals surface area contributed by atoms with Gasteiger partial charge in [-0.25, -0.2) is 13.4 Å². The number of nitro groups is 1. The summed E-state index contributed by atoms with van der Waals surface area (Å²) in [7, 11) is -3.84. The summed E-state index contributed by atoms with van der Waals surface area (Å²) in [5, 5.41) is 10.3. The third kappa shape index (κ3) is 3.14. The van der Waals surface area contributed by atoms with Gasteiger partial charge in [-0.1, -0.05) is 6.07 Å². The molecule has 0 fully saturated rings. The first-order valence-corrected chi connectivity index (χ1v) is 8.28. The normalized spacial score (nSPS) is 11.3. The van der Waals surface area contributed by atoms with E-state index >= 15 is 0 Å². The number of halogens is 1. The van der Waals surface area contributed by atoms with Gasteiger partial charge < -0.3 is 0 Å². The zero-order valence-electron chi connectivity index (χ0n) is 10.0. The number of rotatable bonds is 4. The van der Waals surface area contributed by atoms with E-state index in [4.69, 9.17) is 0 Å². The number of aromatic nitrogens is 1. The zero-order chi connectivity index (χ0) is 14.9. The SMILES string of the molecule is Cc1ccc(S(=O)(=O)Nc2ncc([N+](=O)[O-])s2)c(Br)c1. The van der Waals surface area contributed by atoms with Crippen molar-refractivity contribution in [1.29, 1.82) is 0 Å². The molecule has 0 radical (unpaired) electrons. The second-order valence-corrected chi connectivity index (χ2v) is 7.31. The first-order chi connectivity index (χ1) is 9.29. The van der Waals surface area contributed by atoms with Gasteiger partial charge >= 0.3 is 5.00 Å². The molecular formula is C10H8BrN3O4S2. The molecule has 1 aromatic heterocycles. The van der Waals surface area contributed by atoms with Gasteiger partial charge in [-0.2, -0.15) is 0 Å². The summed E-state index contributed by atoms with van der Waals surface area (Å²) in [4.78, 5) is 13.6. The van der Waals surface area contributed by atoms with Crippen LogP contribution in [0.15, 0.2) is 33.8 Å². The van der Waals surface area contributed by atoms with E-state index in [0.717, 1.165) is 11.8 Å². The topological polar surface area (TPSA) is 102 Å². The molecule has 0 saturated carbocycles. The molecule has 0 saturated heterocycles. The number of sulfonamides is 1. The zero-order valence-corrected chi connectivity index (χ0v) is 13.3. The molecule has 1 heterocycles. The Morgan fingerprint density at radius 1 is 1.45 bits per heavy atom. The average molecular weight is 378 g/mol. The third-order valence-corrected chi connectivity index (χ3v) is 5.58. The Balaban J connectivity index is 2.33. The molecule has 0 spiro atoms. The van der Waals surface area contributed by atoms with Gasteiger partial charge in [-0.15, -0.1) is 0 Å². The second kappa shape index (κ2) is 5.46. The fourth-order valence-corrected chi connectivity index (χ4v) is 4.46. The third-order valence-electron chi connectivity index (χ3n) is 2.27. The predicted molar refractivity (Wildman–Crippen MR) is 78.5 cm³/mol. The highest BCUT2D eigenvalue weighted by Crippen LogP contribution is 2.29. The van der Waals surface area contributed by atoms with Crippen molar-refractivity contribution in [3.63, 3.8) is 0 Å². The Hall–Kier alpha value is -1.52. The van der Waals surface area contributed by atoms with Crippen LogP contribution in [0.25, 0.3) is 0 Å². The van der Waals surface area contributed by atoms with Crippen molar-refractivity contribution in [2.75, 3.05) is 4.72 Å². The molecule has 0 bridgehead atoms. The van der Waals surface area contributed by atoms with E-state index in [2.05, 4.69) is 25.6 Å². The van der Waals surface area contributed by atoms with Crippen molar-refractivity contribution in [3.05, 3.63) is 44.5 Å². The number of hydrogen-bond donors (Lipinski definition) is 1. The monoisotopic (exact) mass is 377 g/mol. The molecule has 1 aromatic carbocycles. The van der Waals surface area contributed by atoms with Gasteiger partial charge in [0.25, 0.3) is 10.0 Å². The molecule has 10 heteroatoms. The lowest BCUT2D eigenvalue weighted by molar-refractivity contribution is -0.380. The Labute approximate surface area is 127 Å². The Kier molecular flexibility index (Phi) is 4.06. The highest BCUT2D eigenvalue weighted by molar-refractivity contribution is 9.10. The van der Waals surface area contributed by atoms with Crippen LogP contribution < -0.4 is 4.72 Å². The number of nitrogens with one attached hydrogen (secondary N) is 1. The summed E-state index contributed by atoms with van der Waals surface area (Å²) in [5.41, 5.74) is 0.903. The van der Waals surface area contributed by atoms with Gasteiger partial charge in [0.2, 0.25) is 5.13 Å². The van der Waals surface area contributed by atoms with Crippen LogP contribution in [-0.4, -0.2) is 18.3 Å². The predicted octanol–water partition coefficient (Wildman–Crippen LogP) is 2.92. The van der Waals surface area contributed by atoms with Crippen LogP contribution in [0.3, 0.4) is 0 Å². The van der Waals surface area contributed by atoms with Crippen molar-refractivity contribution < 1.29 is 13.3 Å². The summed E-state index contributed by atoms with van der Waals surface area (Å²) in [6.07, 6.45) is 1.01. The molecule has 20 heavy (non-hydrogen) atoms. The average Bonchev–Trinajstić information content (AvgIpc) is 2.76. The Morgan fingerprint density at radius 3 is 2.70 bits per heavy atom. The quantitative estimate of drug-likeness (QED) is 0.651. The molecule has 0 aliphatic heterocycles. The fourth-order valence-electron chi connectivity index (χ4n) is 1.39. The van der Waals surface area contributed by atoms with Crippen LogP contribution in [0.1, 0.15) is 5.56 Å². The molecule has 0 amide bonds. The van der Waals surface area contributed by atoms with Crippen molar-refractivity contribution in [2.45, 2.75) is 11.8 Å². The standard InChI is InChI=1S/C10H8BrN3O4S2/c1-6-2-3-8(7(11)4-6)20(17,18)13-10-12-5-9(19-10)14(15)16/h2-5H,1H3,(H,12,13). The molecule has 7 nitrogen and oxygen atoms in total. The van der Waals surface area contributed by atoms with Crippen LogP contribution >= 0.6 is 27.3 Å². The smallest absolute Gasteiger partial charge is 0.257 e. The first-order valence-electron chi connectivity index (χ1n) is 5.19. The molecule has 0 aliphatic carbocycles. The van der Waals surface area contributed by atoms with E-state index in [9.17, 15) is 18.5 Å². The lowest BCUT2D eigenvalue weighted by atomic mass is 10.2. The molecular weight excluding hydrogens is 370 g/mol. The lowest BCUT2D eigenvalue weighted by Crippen LogP contribution is -2.13. The van der Waals surface area contributed by atoms with E-state index in [1.807, 2.05) is 6.92 Å². The van der Waals surface area contributed by atoms with Crippen molar-refractivity contribution in [1.82, 2.24) is 4.98 Å². The molecule has 2 rings (SSSR count). The van der Waals surface area contributed by atoms with Gasteiger partial charge in [0.05, 0.1) is 4.92 Å². The molecule has 0 atom stereocenters. The van der Waals surface area contributed by atoms with Crippen LogP contribution in [-0.2, 0) is 10.0 Å². The summed E-state index contributed by atoms with van der Waals surface area (Å²) in [5.74, 6) is 0. The molecule has 0 aliphatic rings. The van der Waals surface area contributed by atoms with E-state index in [-0.39, 0.29) is 15.0 Å². The van der Waals surface area contributed by atoms with Crippen LogP contribution in [0.2, 0.25) is 0 Å². The van der Waals surface area contributed by atoms with Crippen molar-refractivity contribution in [2.24, 2.45) is 0 Å². The number of aryl methyl sites for hydroxylation is 1. The summed E-state index contributed by atoms with van der Waals surface area (Å²) >= 11 is 3.84. The van der Waals surface area contributed by atoms with Gasteiger partial charge in [-0.3, -0.25) is 14.8 Å². The Morgan fingerprint density at radius 2 is 2.15 bits per heavy atom. The number of anilines is 1. The maximum absolute atomic E-state index is 12.2. The number of benzene rings is 1. The van der Waals surface area contributed by atoms with E-state index in [1.54, 1.807) is 12.1 Å². The van der Waals surface area contributed by atoms with Crippen molar-refractivity contribution in [3.8, 4) is 0 Å². The van der Waals surface area contributed by atoms with Crippen LogP contribution in [0.5, 0.6) is 0 Å². The summed E-state index contributed by atoms with van der Waals surface area (Å²) in [6.45, 7) is 1.83. The lowest BCUT2D eigenvalue weighted by Gasteiger charge is -2.07. The molecule has 1 N–H and O–H groups in total. The van der Waals surface area contributed by atoms with Crippen molar-refractivity contribution >= 4 is 47.4 Å².